The van der Waals surface area contributed by atoms with Crippen LogP contribution in [0.1, 0.15) is 18.1 Å². The molecule has 1 aromatic heterocycles. The van der Waals surface area contributed by atoms with E-state index in [-0.39, 0.29) is 29.4 Å². The van der Waals surface area contributed by atoms with Crippen molar-refractivity contribution in [3.8, 4) is 51.5 Å². The SMILES string of the molecule is CCOc1cc(C=Nc2oc(-c3ccc(OC)cc3)c(-c3ccc(OC)cc3)c2C#N)cc([N+](=O)[O-])c1O. The van der Waals surface area contributed by atoms with Crippen molar-refractivity contribution in [2.75, 3.05) is 20.8 Å². The number of nitro benzene ring substituents is 1. The Morgan fingerprint density at radius 1 is 1.05 bits per heavy atom. The van der Waals surface area contributed by atoms with Crippen LogP contribution >= 0.6 is 0 Å². The van der Waals surface area contributed by atoms with Crippen molar-refractivity contribution in [1.82, 2.24) is 0 Å². The zero-order chi connectivity index (χ0) is 27.2. The maximum Gasteiger partial charge on any atom is 0.315 e. The van der Waals surface area contributed by atoms with E-state index in [0.717, 1.165) is 6.07 Å². The first-order valence-electron chi connectivity index (χ1n) is 11.4. The molecule has 0 radical (unpaired) electrons. The number of hydrogen-bond acceptors (Lipinski definition) is 9. The molecule has 1 heterocycles. The smallest absolute Gasteiger partial charge is 0.315 e. The second kappa shape index (κ2) is 11.2. The molecule has 0 spiro atoms. The number of aliphatic imine (C=N–C) groups is 1. The predicted molar refractivity (Wildman–Crippen MR) is 141 cm³/mol. The molecule has 0 amide bonds. The molecular formula is C28H23N3O7. The third kappa shape index (κ3) is 5.12. The summed E-state index contributed by atoms with van der Waals surface area (Å²) in [4.78, 5) is 15.1. The van der Waals surface area contributed by atoms with Gasteiger partial charge in [-0.3, -0.25) is 10.1 Å². The molecule has 0 saturated carbocycles. The van der Waals surface area contributed by atoms with Gasteiger partial charge in [0.2, 0.25) is 11.6 Å². The molecule has 0 fully saturated rings. The summed E-state index contributed by atoms with van der Waals surface area (Å²) in [6, 6.07) is 19.1. The minimum atomic E-state index is -0.716. The summed E-state index contributed by atoms with van der Waals surface area (Å²) in [5.74, 6) is 1.10. The number of ether oxygens (including phenoxy) is 3. The summed E-state index contributed by atoms with van der Waals surface area (Å²) in [6.07, 6.45) is 1.31. The lowest BCUT2D eigenvalue weighted by Gasteiger charge is -2.07. The average Bonchev–Trinajstić information content (AvgIpc) is 3.31. The maximum absolute atomic E-state index is 11.4. The summed E-state index contributed by atoms with van der Waals surface area (Å²) in [6.45, 7) is 1.88. The summed E-state index contributed by atoms with van der Waals surface area (Å²) >= 11 is 0. The fourth-order valence-corrected chi connectivity index (χ4v) is 3.82. The number of rotatable bonds is 9. The predicted octanol–water partition coefficient (Wildman–Crippen LogP) is 6.27. The number of nitro groups is 1. The van der Waals surface area contributed by atoms with Crippen LogP contribution in [0.15, 0.2) is 70.1 Å². The summed E-state index contributed by atoms with van der Waals surface area (Å²) in [5.41, 5.74) is 1.84. The summed E-state index contributed by atoms with van der Waals surface area (Å²) in [5, 5.41) is 31.7. The van der Waals surface area contributed by atoms with Gasteiger partial charge in [-0.05, 0) is 55.0 Å². The third-order valence-electron chi connectivity index (χ3n) is 5.64. The van der Waals surface area contributed by atoms with E-state index in [9.17, 15) is 20.5 Å². The quantitative estimate of drug-likeness (QED) is 0.157. The van der Waals surface area contributed by atoms with Crippen LogP contribution in [0, 0.1) is 21.4 Å². The number of phenols is 1. The second-order valence-electron chi connectivity index (χ2n) is 7.89. The number of phenolic OH excluding ortho intramolecular Hbond substituents is 1. The molecule has 192 valence electrons. The van der Waals surface area contributed by atoms with E-state index in [1.807, 2.05) is 12.1 Å². The lowest BCUT2D eigenvalue weighted by molar-refractivity contribution is -0.386. The van der Waals surface area contributed by atoms with Gasteiger partial charge in [-0.2, -0.15) is 5.26 Å². The molecule has 0 bridgehead atoms. The van der Waals surface area contributed by atoms with Gasteiger partial charge in [0.1, 0.15) is 28.9 Å². The monoisotopic (exact) mass is 513 g/mol. The topological polar surface area (TPSA) is 140 Å². The van der Waals surface area contributed by atoms with E-state index < -0.39 is 16.4 Å². The van der Waals surface area contributed by atoms with Gasteiger partial charge in [0.15, 0.2) is 5.75 Å². The zero-order valence-electron chi connectivity index (χ0n) is 20.8. The number of furan rings is 1. The Kier molecular flexibility index (Phi) is 7.58. The summed E-state index contributed by atoms with van der Waals surface area (Å²) < 4.78 is 21.9. The van der Waals surface area contributed by atoms with Gasteiger partial charge >= 0.3 is 5.69 Å². The number of nitrogens with zero attached hydrogens (tertiary/aromatic N) is 3. The summed E-state index contributed by atoms with van der Waals surface area (Å²) in [7, 11) is 3.13. The molecule has 10 heteroatoms. The highest BCUT2D eigenvalue weighted by Crippen LogP contribution is 2.43. The number of hydrogen-bond donors (Lipinski definition) is 1. The van der Waals surface area contributed by atoms with Gasteiger partial charge in [-0.25, -0.2) is 4.99 Å². The van der Waals surface area contributed by atoms with E-state index in [0.29, 0.717) is 33.9 Å². The van der Waals surface area contributed by atoms with Crippen molar-refractivity contribution in [3.63, 3.8) is 0 Å². The van der Waals surface area contributed by atoms with E-state index in [1.165, 1.54) is 12.3 Å². The highest BCUT2D eigenvalue weighted by molar-refractivity contribution is 5.90. The Morgan fingerprint density at radius 2 is 1.66 bits per heavy atom. The third-order valence-corrected chi connectivity index (χ3v) is 5.64. The van der Waals surface area contributed by atoms with Crippen LogP contribution in [0.4, 0.5) is 11.6 Å². The van der Waals surface area contributed by atoms with Crippen molar-refractivity contribution in [2.24, 2.45) is 4.99 Å². The Balaban J connectivity index is 1.87. The van der Waals surface area contributed by atoms with Crippen molar-refractivity contribution in [3.05, 3.63) is 81.9 Å². The van der Waals surface area contributed by atoms with E-state index in [4.69, 9.17) is 18.6 Å². The fraction of sp³-hybridized carbons (Fsp3) is 0.143. The van der Waals surface area contributed by atoms with Crippen molar-refractivity contribution < 1.29 is 28.7 Å². The molecule has 38 heavy (non-hydrogen) atoms. The van der Waals surface area contributed by atoms with Crippen LogP contribution in [0.25, 0.3) is 22.5 Å². The average molecular weight is 514 g/mol. The van der Waals surface area contributed by atoms with Gasteiger partial charge in [-0.1, -0.05) is 12.1 Å². The largest absolute Gasteiger partial charge is 0.500 e. The number of aromatic hydroxyl groups is 1. The molecule has 10 nitrogen and oxygen atoms in total. The van der Waals surface area contributed by atoms with Crippen LogP contribution in [0.5, 0.6) is 23.0 Å². The normalized spacial score (nSPS) is 10.8. The highest BCUT2D eigenvalue weighted by Gasteiger charge is 2.24. The Labute approximate surface area is 218 Å². The first-order chi connectivity index (χ1) is 18.4. The molecule has 4 rings (SSSR count). The van der Waals surface area contributed by atoms with E-state index in [2.05, 4.69) is 11.1 Å². The molecule has 1 N–H and O–H groups in total. The molecule has 0 unspecified atom stereocenters. The second-order valence-corrected chi connectivity index (χ2v) is 7.89. The van der Waals surface area contributed by atoms with Gasteiger partial charge in [0.25, 0.3) is 0 Å². The lowest BCUT2D eigenvalue weighted by Crippen LogP contribution is -1.97. The first-order valence-corrected chi connectivity index (χ1v) is 11.4. The van der Waals surface area contributed by atoms with Crippen LogP contribution in [-0.4, -0.2) is 37.1 Å². The van der Waals surface area contributed by atoms with E-state index in [1.54, 1.807) is 57.5 Å². The van der Waals surface area contributed by atoms with Crippen molar-refractivity contribution in [2.45, 2.75) is 6.92 Å². The Morgan fingerprint density at radius 3 is 2.18 bits per heavy atom. The molecule has 0 aliphatic carbocycles. The Bertz CT molecular complexity index is 1530. The standard InChI is InChI=1S/C28H23N3O7/c1-4-37-24-14-17(13-23(26(24)32)31(33)34)16-30-28-22(15-29)25(18-5-9-20(35-2)10-6-18)27(38-28)19-7-11-21(36-3)12-8-19/h5-14,16,32H,4H2,1-3H3. The highest BCUT2D eigenvalue weighted by atomic mass is 16.6. The maximum atomic E-state index is 11.4. The number of nitriles is 1. The van der Waals surface area contributed by atoms with Crippen LogP contribution in [0.2, 0.25) is 0 Å². The van der Waals surface area contributed by atoms with Crippen LogP contribution in [0.3, 0.4) is 0 Å². The van der Waals surface area contributed by atoms with Gasteiger partial charge in [-0.15, -0.1) is 0 Å². The van der Waals surface area contributed by atoms with Crippen LogP contribution < -0.4 is 14.2 Å². The number of methoxy groups -OCH3 is 2. The number of benzene rings is 3. The zero-order valence-corrected chi connectivity index (χ0v) is 20.8. The Hall–Kier alpha value is -5.30. The van der Waals surface area contributed by atoms with Gasteiger partial charge in [0, 0.05) is 29.0 Å². The van der Waals surface area contributed by atoms with E-state index >= 15 is 0 Å². The minimum Gasteiger partial charge on any atom is -0.500 e. The molecular weight excluding hydrogens is 490 g/mol. The molecule has 0 aliphatic heterocycles. The van der Waals surface area contributed by atoms with Crippen molar-refractivity contribution in [1.29, 1.82) is 5.26 Å². The minimum absolute atomic E-state index is 0.0119. The van der Waals surface area contributed by atoms with Gasteiger partial charge in [0.05, 0.1) is 25.7 Å². The first kappa shape index (κ1) is 25.8. The molecule has 0 atom stereocenters. The van der Waals surface area contributed by atoms with Crippen molar-refractivity contribution >= 4 is 17.8 Å². The molecule has 0 aliphatic rings. The molecule has 0 saturated heterocycles. The lowest BCUT2D eigenvalue weighted by atomic mass is 9.98. The van der Waals surface area contributed by atoms with Crippen LogP contribution in [-0.2, 0) is 0 Å². The molecule has 4 aromatic rings. The fourth-order valence-electron chi connectivity index (χ4n) is 3.82. The molecule has 3 aromatic carbocycles. The van der Waals surface area contributed by atoms with Gasteiger partial charge < -0.3 is 23.7 Å².